The van der Waals surface area contributed by atoms with Crippen molar-refractivity contribution in [3.8, 4) is 0 Å². The van der Waals surface area contributed by atoms with Crippen molar-refractivity contribution in [2.45, 2.75) is 51.4 Å². The van der Waals surface area contributed by atoms with Crippen LogP contribution in [-0.2, 0) is 27.2 Å². The standard InChI is InChI=1S/C27H30F3N3O3/c1-4-26(2,3)22(24(35)33-16-10-14-19-13-8-9-15-21(19)33)32-23(34)20(31-25(36)27(28,29)30)17-18-11-6-5-7-12-18/h4-9,11-13,15,20,22H,1,10,14,16-17H2,2-3H3,(H,31,36)(H,32,34)/t20-,22-/m0/s1. The van der Waals surface area contributed by atoms with Crippen molar-refractivity contribution >= 4 is 23.4 Å². The molecular weight excluding hydrogens is 471 g/mol. The summed E-state index contributed by atoms with van der Waals surface area (Å²) in [5.74, 6) is -3.52. The molecule has 0 radical (unpaired) electrons. The van der Waals surface area contributed by atoms with Crippen LogP contribution in [0.2, 0.25) is 0 Å². The van der Waals surface area contributed by atoms with Crippen LogP contribution in [-0.4, -0.2) is 42.5 Å². The molecule has 0 unspecified atom stereocenters. The lowest BCUT2D eigenvalue weighted by molar-refractivity contribution is -0.174. The van der Waals surface area contributed by atoms with Crippen molar-refractivity contribution in [3.63, 3.8) is 0 Å². The quantitative estimate of drug-likeness (QED) is 0.538. The fourth-order valence-corrected chi connectivity index (χ4v) is 4.14. The summed E-state index contributed by atoms with van der Waals surface area (Å²) >= 11 is 0. The number of alkyl halides is 3. The fraction of sp³-hybridized carbons (Fsp3) is 0.370. The molecule has 6 nitrogen and oxygen atoms in total. The first-order valence-electron chi connectivity index (χ1n) is 11.7. The number of carbonyl (C=O) groups excluding carboxylic acids is 3. The van der Waals surface area contributed by atoms with E-state index in [-0.39, 0.29) is 6.42 Å². The summed E-state index contributed by atoms with van der Waals surface area (Å²) in [6, 6.07) is 13.1. The van der Waals surface area contributed by atoms with Crippen LogP contribution in [0.25, 0.3) is 0 Å². The Morgan fingerprint density at radius 2 is 1.67 bits per heavy atom. The minimum Gasteiger partial charge on any atom is -0.342 e. The molecule has 0 aliphatic carbocycles. The van der Waals surface area contributed by atoms with E-state index in [0.717, 1.165) is 24.1 Å². The minimum atomic E-state index is -5.16. The highest BCUT2D eigenvalue weighted by molar-refractivity contribution is 6.01. The molecule has 0 saturated carbocycles. The third-order valence-corrected chi connectivity index (χ3v) is 6.34. The summed E-state index contributed by atoms with van der Waals surface area (Å²) in [5.41, 5.74) is 1.35. The fourth-order valence-electron chi connectivity index (χ4n) is 4.14. The van der Waals surface area contributed by atoms with Gasteiger partial charge in [-0.25, -0.2) is 0 Å². The Balaban J connectivity index is 1.91. The number of para-hydroxylation sites is 1. The van der Waals surface area contributed by atoms with E-state index in [1.807, 2.05) is 24.3 Å². The summed E-state index contributed by atoms with van der Waals surface area (Å²) in [4.78, 5) is 40.4. The number of carbonyl (C=O) groups is 3. The molecule has 192 valence electrons. The highest BCUT2D eigenvalue weighted by Crippen LogP contribution is 2.31. The smallest absolute Gasteiger partial charge is 0.342 e. The third kappa shape index (κ3) is 6.33. The van der Waals surface area contributed by atoms with Crippen LogP contribution in [0, 0.1) is 5.41 Å². The summed E-state index contributed by atoms with van der Waals surface area (Å²) in [6.45, 7) is 7.64. The van der Waals surface area contributed by atoms with Crippen LogP contribution in [0.15, 0.2) is 67.3 Å². The molecule has 0 bridgehead atoms. The number of rotatable bonds is 8. The molecule has 9 heteroatoms. The summed E-state index contributed by atoms with van der Waals surface area (Å²) < 4.78 is 39.0. The first-order chi connectivity index (χ1) is 16.9. The molecule has 0 aromatic heterocycles. The maximum absolute atomic E-state index is 13.8. The second-order valence-corrected chi connectivity index (χ2v) is 9.40. The van der Waals surface area contributed by atoms with E-state index < -0.39 is 41.4 Å². The van der Waals surface area contributed by atoms with Crippen LogP contribution in [0.4, 0.5) is 18.9 Å². The number of hydrogen-bond acceptors (Lipinski definition) is 3. The zero-order valence-electron chi connectivity index (χ0n) is 20.3. The van der Waals surface area contributed by atoms with E-state index in [1.165, 1.54) is 6.08 Å². The lowest BCUT2D eigenvalue weighted by Gasteiger charge is -2.38. The Bertz CT molecular complexity index is 1120. The maximum atomic E-state index is 13.8. The first kappa shape index (κ1) is 27.0. The summed E-state index contributed by atoms with van der Waals surface area (Å²) in [6.07, 6.45) is -2.29. The van der Waals surface area contributed by atoms with Crippen LogP contribution in [0.3, 0.4) is 0 Å². The maximum Gasteiger partial charge on any atom is 0.471 e. The Morgan fingerprint density at radius 3 is 2.31 bits per heavy atom. The van der Waals surface area contributed by atoms with Gasteiger partial charge in [0.15, 0.2) is 0 Å². The van der Waals surface area contributed by atoms with Gasteiger partial charge in [-0.15, -0.1) is 6.58 Å². The number of anilines is 1. The zero-order chi connectivity index (χ0) is 26.5. The van der Waals surface area contributed by atoms with E-state index >= 15 is 0 Å². The minimum absolute atomic E-state index is 0.184. The average molecular weight is 502 g/mol. The van der Waals surface area contributed by atoms with Gasteiger partial charge in [0.2, 0.25) is 11.8 Å². The number of aryl methyl sites for hydroxylation is 1. The van der Waals surface area contributed by atoms with E-state index in [2.05, 4.69) is 11.9 Å². The van der Waals surface area contributed by atoms with Gasteiger partial charge in [-0.05, 0) is 30.0 Å². The molecule has 1 heterocycles. The summed E-state index contributed by atoms with van der Waals surface area (Å²) in [5, 5.41) is 4.42. The van der Waals surface area contributed by atoms with E-state index in [4.69, 9.17) is 0 Å². The van der Waals surface area contributed by atoms with E-state index in [0.29, 0.717) is 12.1 Å². The third-order valence-electron chi connectivity index (χ3n) is 6.34. The molecular formula is C27H30F3N3O3. The number of benzene rings is 2. The van der Waals surface area contributed by atoms with Crippen LogP contribution < -0.4 is 15.5 Å². The van der Waals surface area contributed by atoms with Crippen molar-refractivity contribution in [1.82, 2.24) is 10.6 Å². The molecule has 2 aromatic rings. The van der Waals surface area contributed by atoms with Crippen molar-refractivity contribution < 1.29 is 27.6 Å². The second kappa shape index (κ2) is 11.0. The Morgan fingerprint density at radius 1 is 1.03 bits per heavy atom. The number of amides is 3. The normalized spacial score (nSPS) is 15.3. The number of halogens is 3. The monoisotopic (exact) mass is 501 g/mol. The Kier molecular flexibility index (Phi) is 8.22. The molecule has 2 atom stereocenters. The number of hydrogen-bond donors (Lipinski definition) is 2. The van der Waals surface area contributed by atoms with Gasteiger partial charge in [0.05, 0.1) is 0 Å². The van der Waals surface area contributed by atoms with Gasteiger partial charge >= 0.3 is 12.1 Å². The number of nitrogens with one attached hydrogen (secondary N) is 2. The van der Waals surface area contributed by atoms with E-state index in [1.54, 1.807) is 54.4 Å². The largest absolute Gasteiger partial charge is 0.471 e. The molecule has 2 N–H and O–H groups in total. The molecule has 36 heavy (non-hydrogen) atoms. The molecule has 0 fully saturated rings. The number of nitrogens with zero attached hydrogens (tertiary/aromatic N) is 1. The predicted molar refractivity (Wildman–Crippen MR) is 131 cm³/mol. The topological polar surface area (TPSA) is 78.5 Å². The molecule has 2 aromatic carbocycles. The van der Waals surface area contributed by atoms with Crippen molar-refractivity contribution in [3.05, 3.63) is 78.4 Å². The van der Waals surface area contributed by atoms with Crippen molar-refractivity contribution in [2.24, 2.45) is 5.41 Å². The van der Waals surface area contributed by atoms with Gasteiger partial charge in [-0.3, -0.25) is 14.4 Å². The lowest BCUT2D eigenvalue weighted by Crippen LogP contribution is -2.60. The molecule has 1 aliphatic rings. The van der Waals surface area contributed by atoms with Crippen LogP contribution in [0.5, 0.6) is 0 Å². The van der Waals surface area contributed by atoms with Crippen LogP contribution in [0.1, 0.15) is 31.4 Å². The van der Waals surface area contributed by atoms with Gasteiger partial charge in [-0.2, -0.15) is 13.2 Å². The number of fused-ring (bicyclic) bond motifs is 1. The molecule has 0 saturated heterocycles. The van der Waals surface area contributed by atoms with Crippen molar-refractivity contribution in [2.75, 3.05) is 11.4 Å². The predicted octanol–water partition coefficient (Wildman–Crippen LogP) is 3.95. The first-order valence-corrected chi connectivity index (χ1v) is 11.7. The molecule has 3 rings (SSSR count). The highest BCUT2D eigenvalue weighted by Gasteiger charge is 2.43. The second-order valence-electron chi connectivity index (χ2n) is 9.40. The van der Waals surface area contributed by atoms with Crippen molar-refractivity contribution in [1.29, 1.82) is 0 Å². The average Bonchev–Trinajstić information content (AvgIpc) is 2.85. The van der Waals surface area contributed by atoms with Gasteiger partial charge < -0.3 is 15.5 Å². The Hall–Kier alpha value is -3.62. The molecule has 3 amide bonds. The van der Waals surface area contributed by atoms with E-state index in [9.17, 15) is 27.6 Å². The molecule has 0 spiro atoms. The van der Waals surface area contributed by atoms with Crippen LogP contribution >= 0.6 is 0 Å². The molecule has 1 aliphatic heterocycles. The zero-order valence-corrected chi connectivity index (χ0v) is 20.3. The van der Waals surface area contributed by atoms with Gasteiger partial charge in [0.25, 0.3) is 0 Å². The summed E-state index contributed by atoms with van der Waals surface area (Å²) in [7, 11) is 0. The Labute approximate surface area is 208 Å². The highest BCUT2D eigenvalue weighted by atomic mass is 19.4. The van der Waals surface area contributed by atoms with Gasteiger partial charge in [0.1, 0.15) is 12.1 Å². The van der Waals surface area contributed by atoms with Gasteiger partial charge in [-0.1, -0.05) is 68.5 Å². The SMILES string of the molecule is C=CC(C)(C)[C@@H](NC(=O)[C@H](Cc1ccccc1)NC(=O)C(F)(F)F)C(=O)N1CCCc2ccccc21. The lowest BCUT2D eigenvalue weighted by atomic mass is 9.82. The van der Waals surface area contributed by atoms with Gasteiger partial charge in [0, 0.05) is 24.1 Å².